The van der Waals surface area contributed by atoms with Crippen LogP contribution in [-0.2, 0) is 9.53 Å². The highest BCUT2D eigenvalue weighted by atomic mass is 16.5. The van der Waals surface area contributed by atoms with Crippen molar-refractivity contribution in [2.24, 2.45) is 0 Å². The second kappa shape index (κ2) is 11.4. The molecule has 3 rings (SSSR count). The molecule has 0 aliphatic carbocycles. The number of carbonyl (C=O) groups excluding carboxylic acids is 1. The summed E-state index contributed by atoms with van der Waals surface area (Å²) in [7, 11) is 1.60. The molecule has 32 heavy (non-hydrogen) atoms. The van der Waals surface area contributed by atoms with E-state index in [1.807, 2.05) is 49.4 Å². The van der Waals surface area contributed by atoms with E-state index in [1.165, 1.54) is 0 Å². The molecule has 1 atom stereocenters. The number of unbranched alkanes of at least 4 members (excludes halogenated alkanes) is 1. The van der Waals surface area contributed by atoms with Crippen molar-refractivity contribution in [1.29, 1.82) is 0 Å². The molecule has 0 fully saturated rings. The van der Waals surface area contributed by atoms with Crippen molar-refractivity contribution < 1.29 is 14.3 Å². The largest absolute Gasteiger partial charge is 0.494 e. The SMILES string of the molecule is CCCCOc1ccc(-n2c(C(CC)N(C=O)CCOC)nc3ccccc3c2=O)cc1. The number of methoxy groups -OCH3 is 1. The zero-order valence-electron chi connectivity index (χ0n) is 19.0. The molecule has 1 unspecified atom stereocenters. The van der Waals surface area contributed by atoms with Gasteiger partial charge in [-0.2, -0.15) is 0 Å². The van der Waals surface area contributed by atoms with Gasteiger partial charge in [-0.15, -0.1) is 0 Å². The number of fused-ring (bicyclic) bond motifs is 1. The lowest BCUT2D eigenvalue weighted by Crippen LogP contribution is -2.35. The van der Waals surface area contributed by atoms with Crippen LogP contribution in [0.25, 0.3) is 16.6 Å². The number of aromatic nitrogens is 2. The van der Waals surface area contributed by atoms with Gasteiger partial charge in [-0.1, -0.05) is 32.4 Å². The van der Waals surface area contributed by atoms with Crippen LogP contribution in [-0.4, -0.2) is 47.7 Å². The minimum Gasteiger partial charge on any atom is -0.494 e. The van der Waals surface area contributed by atoms with E-state index in [-0.39, 0.29) is 11.6 Å². The van der Waals surface area contributed by atoms with Crippen LogP contribution in [0, 0.1) is 0 Å². The highest BCUT2D eigenvalue weighted by Gasteiger charge is 2.24. The van der Waals surface area contributed by atoms with E-state index in [1.54, 1.807) is 22.6 Å². The average Bonchev–Trinajstić information content (AvgIpc) is 2.82. The Morgan fingerprint density at radius 3 is 2.50 bits per heavy atom. The highest BCUT2D eigenvalue weighted by molar-refractivity contribution is 5.78. The van der Waals surface area contributed by atoms with Crippen molar-refractivity contribution in [3.8, 4) is 11.4 Å². The number of hydrogen-bond acceptors (Lipinski definition) is 5. The summed E-state index contributed by atoms with van der Waals surface area (Å²) >= 11 is 0. The van der Waals surface area contributed by atoms with Crippen LogP contribution in [0.1, 0.15) is 45.0 Å². The molecule has 170 valence electrons. The summed E-state index contributed by atoms with van der Waals surface area (Å²) in [6.07, 6.45) is 3.45. The Kier molecular flexibility index (Phi) is 8.39. The van der Waals surface area contributed by atoms with Gasteiger partial charge < -0.3 is 14.4 Å². The number of hydrogen-bond donors (Lipinski definition) is 0. The van der Waals surface area contributed by atoms with E-state index in [0.29, 0.717) is 48.6 Å². The van der Waals surface area contributed by atoms with Gasteiger partial charge in [0.15, 0.2) is 0 Å². The first-order valence-corrected chi connectivity index (χ1v) is 11.1. The van der Waals surface area contributed by atoms with Gasteiger partial charge in [0.2, 0.25) is 6.41 Å². The summed E-state index contributed by atoms with van der Waals surface area (Å²) in [5, 5.41) is 0.531. The van der Waals surface area contributed by atoms with E-state index >= 15 is 0 Å². The number of benzene rings is 2. The molecular formula is C25H31N3O4. The molecule has 2 aromatic carbocycles. The minimum atomic E-state index is -0.375. The molecule has 0 saturated carbocycles. The normalized spacial score (nSPS) is 12.0. The average molecular weight is 438 g/mol. The molecule has 0 aliphatic rings. The Morgan fingerprint density at radius 1 is 1.09 bits per heavy atom. The number of para-hydroxylation sites is 1. The van der Waals surface area contributed by atoms with Gasteiger partial charge in [0.05, 0.1) is 35.8 Å². The van der Waals surface area contributed by atoms with E-state index < -0.39 is 0 Å². The Hall–Kier alpha value is -3.19. The maximum absolute atomic E-state index is 13.6. The molecule has 0 aliphatic heterocycles. The standard InChI is InChI=1S/C25H31N3O4/c1-4-6-16-32-20-13-11-19(12-14-20)28-24(23(5-2)27(18-29)15-17-31-3)26-22-10-8-7-9-21(22)25(28)30/h7-14,18,23H,4-6,15-17H2,1-3H3. The lowest BCUT2D eigenvalue weighted by molar-refractivity contribution is -0.121. The number of carbonyl (C=O) groups is 1. The van der Waals surface area contributed by atoms with Crippen molar-refractivity contribution in [3.05, 3.63) is 64.7 Å². The first-order chi connectivity index (χ1) is 15.6. The number of rotatable bonds is 12. The Bertz CT molecular complexity index is 1080. The van der Waals surface area contributed by atoms with E-state index in [0.717, 1.165) is 25.0 Å². The second-order valence-electron chi connectivity index (χ2n) is 7.58. The molecule has 1 aromatic heterocycles. The zero-order valence-corrected chi connectivity index (χ0v) is 19.0. The third kappa shape index (κ3) is 5.16. The maximum Gasteiger partial charge on any atom is 0.266 e. The molecule has 0 saturated heterocycles. The van der Waals surface area contributed by atoms with Crippen LogP contribution in [0.2, 0.25) is 0 Å². The summed E-state index contributed by atoms with van der Waals surface area (Å²) in [6.45, 7) is 5.56. The molecule has 7 heteroatoms. The summed E-state index contributed by atoms with van der Waals surface area (Å²) < 4.78 is 12.5. The molecular weight excluding hydrogens is 406 g/mol. The summed E-state index contributed by atoms with van der Waals surface area (Å²) in [5.41, 5.74) is 1.13. The zero-order chi connectivity index (χ0) is 22.9. The van der Waals surface area contributed by atoms with Crippen LogP contribution in [0.5, 0.6) is 5.75 Å². The maximum atomic E-state index is 13.6. The number of nitrogens with zero attached hydrogens (tertiary/aromatic N) is 3. The van der Waals surface area contributed by atoms with Gasteiger partial charge in [-0.3, -0.25) is 14.2 Å². The van der Waals surface area contributed by atoms with Crippen LogP contribution in [0.3, 0.4) is 0 Å². The molecule has 3 aromatic rings. The Labute approximate surface area is 188 Å². The predicted molar refractivity (Wildman–Crippen MR) is 125 cm³/mol. The fraction of sp³-hybridized carbons (Fsp3) is 0.400. The molecule has 1 heterocycles. The fourth-order valence-electron chi connectivity index (χ4n) is 3.69. The summed E-state index contributed by atoms with van der Waals surface area (Å²) in [4.78, 5) is 31.9. The van der Waals surface area contributed by atoms with Crippen LogP contribution in [0.4, 0.5) is 0 Å². The van der Waals surface area contributed by atoms with Crippen molar-refractivity contribution >= 4 is 17.3 Å². The highest BCUT2D eigenvalue weighted by Crippen LogP contribution is 2.25. The number of amides is 1. The quantitative estimate of drug-likeness (QED) is 0.315. The molecule has 0 bridgehead atoms. The van der Waals surface area contributed by atoms with E-state index in [9.17, 15) is 9.59 Å². The van der Waals surface area contributed by atoms with Crippen molar-refractivity contribution in [2.75, 3.05) is 26.9 Å². The first kappa shape index (κ1) is 23.5. The van der Waals surface area contributed by atoms with Crippen LogP contribution < -0.4 is 10.3 Å². The second-order valence-corrected chi connectivity index (χ2v) is 7.58. The Morgan fingerprint density at radius 2 is 1.84 bits per heavy atom. The third-order valence-corrected chi connectivity index (χ3v) is 5.44. The van der Waals surface area contributed by atoms with Gasteiger partial charge in [0.25, 0.3) is 5.56 Å². The van der Waals surface area contributed by atoms with Crippen LogP contribution >= 0.6 is 0 Å². The summed E-state index contributed by atoms with van der Waals surface area (Å²) in [6, 6.07) is 14.3. The minimum absolute atomic E-state index is 0.165. The Balaban J connectivity index is 2.12. The molecule has 0 radical (unpaired) electrons. The van der Waals surface area contributed by atoms with Gasteiger partial charge in [-0.25, -0.2) is 4.98 Å². The van der Waals surface area contributed by atoms with Crippen molar-refractivity contribution in [3.63, 3.8) is 0 Å². The molecule has 0 spiro atoms. The lowest BCUT2D eigenvalue weighted by Gasteiger charge is -2.29. The number of ether oxygens (including phenoxy) is 2. The van der Waals surface area contributed by atoms with Crippen molar-refractivity contribution in [2.45, 2.75) is 39.2 Å². The molecule has 7 nitrogen and oxygen atoms in total. The molecule has 0 N–H and O–H groups in total. The topological polar surface area (TPSA) is 73.7 Å². The van der Waals surface area contributed by atoms with Gasteiger partial charge in [0, 0.05) is 13.7 Å². The van der Waals surface area contributed by atoms with E-state index in [2.05, 4.69) is 6.92 Å². The van der Waals surface area contributed by atoms with Crippen molar-refractivity contribution in [1.82, 2.24) is 14.5 Å². The fourth-order valence-corrected chi connectivity index (χ4v) is 3.69. The van der Waals surface area contributed by atoms with Gasteiger partial charge in [-0.05, 0) is 49.2 Å². The third-order valence-electron chi connectivity index (χ3n) is 5.44. The molecule has 1 amide bonds. The summed E-state index contributed by atoms with van der Waals surface area (Å²) in [5.74, 6) is 1.28. The van der Waals surface area contributed by atoms with Gasteiger partial charge in [0.1, 0.15) is 11.6 Å². The van der Waals surface area contributed by atoms with Crippen LogP contribution in [0.15, 0.2) is 53.3 Å². The van der Waals surface area contributed by atoms with Gasteiger partial charge >= 0.3 is 0 Å². The van der Waals surface area contributed by atoms with E-state index in [4.69, 9.17) is 14.5 Å². The lowest BCUT2D eigenvalue weighted by atomic mass is 10.1. The first-order valence-electron chi connectivity index (χ1n) is 11.1. The smallest absolute Gasteiger partial charge is 0.266 e. The predicted octanol–water partition coefficient (Wildman–Crippen LogP) is 4.12. The monoisotopic (exact) mass is 437 g/mol.